The second-order valence-corrected chi connectivity index (χ2v) is 16.3. The Bertz CT molecular complexity index is 1950. The van der Waals surface area contributed by atoms with Gasteiger partial charge >= 0.3 is 0 Å². The highest BCUT2D eigenvalue weighted by Crippen LogP contribution is 2.45. The maximum Gasteiger partial charge on any atom is 0.290 e. The number of aromatic nitrogens is 2. The van der Waals surface area contributed by atoms with Crippen LogP contribution in [-0.2, 0) is 25.0 Å². The molecule has 1 aromatic heterocycles. The molecular weight excluding hydrogens is 702 g/mol. The Morgan fingerprint density at radius 3 is 2.35 bits per heavy atom. The van der Waals surface area contributed by atoms with Gasteiger partial charge in [-0.2, -0.15) is 0 Å². The number of hydrogen-bond donors (Lipinski definition) is 2. The molecule has 3 atom stereocenters. The molecule has 3 aromatic carbocycles. The summed E-state index contributed by atoms with van der Waals surface area (Å²) in [6.45, 7) is 4.47. The van der Waals surface area contributed by atoms with Gasteiger partial charge in [0.2, 0.25) is 10.0 Å². The SMILES string of the molecule is COCCNS(=O)(=O)c1ccc(Cl)c(C(=O)N2CCC(CCN3[C@@H]4CC[C@H]3CC(n3c(C)nc5ccccc53)C4)(c3ccccc3)CC2)c1.O=CO. The number of methoxy groups -OCH3 is 1. The molecule has 4 aromatic rings. The van der Waals surface area contributed by atoms with E-state index in [4.69, 9.17) is 31.2 Å². The third-order valence-corrected chi connectivity index (χ3v) is 13.1. The molecule has 0 spiro atoms. The van der Waals surface area contributed by atoms with E-state index >= 15 is 0 Å². The number of imidazole rings is 1. The molecule has 52 heavy (non-hydrogen) atoms. The van der Waals surface area contributed by atoms with Crippen LogP contribution in [0.5, 0.6) is 0 Å². The van der Waals surface area contributed by atoms with Crippen molar-refractivity contribution < 1.29 is 27.9 Å². The second kappa shape index (κ2) is 16.5. The van der Waals surface area contributed by atoms with E-state index in [0.29, 0.717) is 31.2 Å². The number of amides is 1. The van der Waals surface area contributed by atoms with Gasteiger partial charge < -0.3 is 19.3 Å². The van der Waals surface area contributed by atoms with Crippen molar-refractivity contribution in [2.24, 2.45) is 0 Å². The van der Waals surface area contributed by atoms with E-state index in [-0.39, 0.29) is 46.4 Å². The van der Waals surface area contributed by atoms with Crippen LogP contribution in [0.25, 0.3) is 11.0 Å². The lowest BCUT2D eigenvalue weighted by Crippen LogP contribution is -2.49. The van der Waals surface area contributed by atoms with Gasteiger partial charge in [0.1, 0.15) is 5.82 Å². The number of fused-ring (bicyclic) bond motifs is 3. The van der Waals surface area contributed by atoms with Crippen LogP contribution in [0.2, 0.25) is 5.02 Å². The fourth-order valence-electron chi connectivity index (χ4n) is 8.77. The number of hydrogen-bond acceptors (Lipinski definition) is 7. The van der Waals surface area contributed by atoms with Gasteiger partial charge in [-0.25, -0.2) is 18.1 Å². The number of aryl methyl sites for hydroxylation is 1. The van der Waals surface area contributed by atoms with Crippen molar-refractivity contribution in [3.05, 3.63) is 94.8 Å². The van der Waals surface area contributed by atoms with E-state index in [9.17, 15) is 13.2 Å². The van der Waals surface area contributed by atoms with Gasteiger partial charge in [-0.05, 0) is 99.7 Å². The van der Waals surface area contributed by atoms with Crippen LogP contribution in [0, 0.1) is 6.92 Å². The number of likely N-dealkylation sites (tertiary alicyclic amines) is 1. The molecule has 11 nitrogen and oxygen atoms in total. The maximum absolute atomic E-state index is 13.8. The smallest absolute Gasteiger partial charge is 0.290 e. The first-order chi connectivity index (χ1) is 25.1. The van der Waals surface area contributed by atoms with Gasteiger partial charge in [-0.15, -0.1) is 0 Å². The number of rotatable bonds is 11. The average molecular weight is 750 g/mol. The topological polar surface area (TPSA) is 134 Å². The van der Waals surface area contributed by atoms with E-state index < -0.39 is 10.0 Å². The molecule has 0 radical (unpaired) electrons. The van der Waals surface area contributed by atoms with Gasteiger partial charge in [0.25, 0.3) is 12.4 Å². The van der Waals surface area contributed by atoms with E-state index in [1.165, 1.54) is 49.2 Å². The lowest BCUT2D eigenvalue weighted by Gasteiger charge is -2.45. The quantitative estimate of drug-likeness (QED) is 0.140. The first kappa shape index (κ1) is 37.9. The Kier molecular flexibility index (Phi) is 12.0. The zero-order chi connectivity index (χ0) is 36.9. The van der Waals surface area contributed by atoms with Gasteiger partial charge in [0, 0.05) is 44.9 Å². The van der Waals surface area contributed by atoms with E-state index in [1.54, 1.807) is 0 Å². The Labute approximate surface area is 311 Å². The van der Waals surface area contributed by atoms with Crippen molar-refractivity contribution in [3.8, 4) is 0 Å². The van der Waals surface area contributed by atoms with Crippen molar-refractivity contribution >= 4 is 45.0 Å². The lowest BCUT2D eigenvalue weighted by atomic mass is 9.70. The minimum absolute atomic E-state index is 0.0155. The summed E-state index contributed by atoms with van der Waals surface area (Å²) in [5.41, 5.74) is 3.82. The molecule has 1 unspecified atom stereocenters. The summed E-state index contributed by atoms with van der Waals surface area (Å²) in [4.78, 5) is 31.7. The molecule has 7 rings (SSSR count). The number of nitrogens with one attached hydrogen (secondary N) is 1. The summed E-state index contributed by atoms with van der Waals surface area (Å²) in [5.74, 6) is 0.875. The summed E-state index contributed by atoms with van der Waals surface area (Å²) in [6.07, 6.45) is 7.48. The van der Waals surface area contributed by atoms with E-state index in [1.807, 2.05) is 4.90 Å². The third-order valence-electron chi connectivity index (χ3n) is 11.3. The summed E-state index contributed by atoms with van der Waals surface area (Å²) in [5, 5.41) is 7.14. The molecule has 13 heteroatoms. The number of piperidine rings is 2. The summed E-state index contributed by atoms with van der Waals surface area (Å²) >= 11 is 6.49. The van der Waals surface area contributed by atoms with Crippen molar-refractivity contribution in [1.29, 1.82) is 0 Å². The maximum atomic E-state index is 13.8. The average Bonchev–Trinajstić information content (AvgIpc) is 3.61. The highest BCUT2D eigenvalue weighted by Gasteiger charge is 2.44. The Morgan fingerprint density at radius 2 is 1.67 bits per heavy atom. The van der Waals surface area contributed by atoms with Crippen LogP contribution >= 0.6 is 11.6 Å². The number of halogens is 1. The van der Waals surface area contributed by atoms with Crippen LogP contribution in [0.4, 0.5) is 0 Å². The van der Waals surface area contributed by atoms with Crippen molar-refractivity contribution in [1.82, 2.24) is 24.1 Å². The molecule has 2 N–H and O–H groups in total. The first-order valence-electron chi connectivity index (χ1n) is 18.0. The van der Waals surface area contributed by atoms with Gasteiger partial charge in [0.15, 0.2) is 0 Å². The minimum atomic E-state index is -3.81. The van der Waals surface area contributed by atoms with Crippen molar-refractivity contribution in [2.75, 3.05) is 39.9 Å². The zero-order valence-electron chi connectivity index (χ0n) is 29.8. The molecule has 1 amide bonds. The zero-order valence-corrected chi connectivity index (χ0v) is 31.4. The fourth-order valence-corrected chi connectivity index (χ4v) is 10.0. The molecule has 3 saturated heterocycles. The van der Waals surface area contributed by atoms with Crippen LogP contribution in [0.1, 0.15) is 72.7 Å². The predicted molar refractivity (Wildman–Crippen MR) is 201 cm³/mol. The molecule has 3 fully saturated rings. The number of sulfonamides is 1. The number of benzene rings is 3. The van der Waals surface area contributed by atoms with E-state index in [0.717, 1.165) is 50.0 Å². The molecule has 0 saturated carbocycles. The Morgan fingerprint density at radius 1 is 1.02 bits per heavy atom. The van der Waals surface area contributed by atoms with Crippen LogP contribution < -0.4 is 4.72 Å². The molecular formula is C39H48ClN5O6S. The Balaban J connectivity index is 0.00000150. The van der Waals surface area contributed by atoms with Crippen molar-refractivity contribution in [2.45, 2.75) is 80.3 Å². The van der Waals surface area contributed by atoms with Crippen molar-refractivity contribution in [3.63, 3.8) is 0 Å². The summed E-state index contributed by atoms with van der Waals surface area (Å²) in [6, 6.07) is 25.2. The third kappa shape index (κ3) is 7.91. The molecule has 3 aliphatic rings. The normalized spacial score (nSPS) is 21.4. The highest BCUT2D eigenvalue weighted by atomic mass is 35.5. The van der Waals surface area contributed by atoms with Crippen LogP contribution in [0.3, 0.4) is 0 Å². The van der Waals surface area contributed by atoms with Gasteiger partial charge in [-0.1, -0.05) is 54.1 Å². The minimum Gasteiger partial charge on any atom is -0.483 e. The van der Waals surface area contributed by atoms with Crippen LogP contribution in [-0.4, -0.2) is 97.2 Å². The monoisotopic (exact) mass is 749 g/mol. The second-order valence-electron chi connectivity index (χ2n) is 14.1. The Hall–Kier alpha value is -3.81. The van der Waals surface area contributed by atoms with Crippen LogP contribution in [0.15, 0.2) is 77.7 Å². The molecule has 2 bridgehead atoms. The summed E-state index contributed by atoms with van der Waals surface area (Å²) < 4.78 is 35.7. The lowest BCUT2D eigenvalue weighted by molar-refractivity contribution is -0.122. The fraction of sp³-hybridized carbons (Fsp3) is 0.462. The van der Waals surface area contributed by atoms with E-state index in [2.05, 4.69) is 75.7 Å². The largest absolute Gasteiger partial charge is 0.483 e. The predicted octanol–water partition coefficient (Wildman–Crippen LogP) is 6.06. The number of carbonyl (C=O) groups excluding carboxylic acids is 1. The standard InChI is InChI=1S/C38H46ClN5O4S.CH2O2/c1-27-41-35-10-6-7-11-36(35)44(27)31-24-29-12-13-30(25-31)43(29)22-18-38(28-8-4-3-5-9-28)16-20-42(21-17-38)37(45)33-26-32(14-15-34(33)39)49(46,47)40-19-23-48-2;2-1-3/h3-11,14-15,26,29-31,40H,12-13,16-25H2,1-2H3;1H,(H,2,3)/t29-,30+,31?;. The number of ether oxygens (including phenoxy) is 1. The molecule has 0 aliphatic carbocycles. The van der Waals surface area contributed by atoms with Gasteiger partial charge in [0.05, 0.1) is 33.1 Å². The molecule has 3 aliphatic heterocycles. The summed E-state index contributed by atoms with van der Waals surface area (Å²) in [7, 11) is -2.30. The number of carboxylic acid groups (broad SMARTS) is 1. The highest BCUT2D eigenvalue weighted by molar-refractivity contribution is 7.89. The number of carbonyl (C=O) groups is 2. The van der Waals surface area contributed by atoms with Gasteiger partial charge in [-0.3, -0.25) is 14.5 Å². The molecule has 278 valence electrons. The number of para-hydroxylation sites is 2. The first-order valence-corrected chi connectivity index (χ1v) is 19.9. The number of nitrogens with zero attached hydrogens (tertiary/aromatic N) is 4. The molecule has 4 heterocycles.